The Balaban J connectivity index is 1.35. The van der Waals surface area contributed by atoms with Crippen molar-refractivity contribution in [1.29, 1.82) is 0 Å². The van der Waals surface area contributed by atoms with Crippen LogP contribution < -0.4 is 4.31 Å². The number of fused-ring (bicyclic) bond motifs is 1. The molecule has 5 nitrogen and oxygen atoms in total. The lowest BCUT2D eigenvalue weighted by Crippen LogP contribution is -2.37. The predicted molar refractivity (Wildman–Crippen MR) is 130 cm³/mol. The predicted octanol–water partition coefficient (Wildman–Crippen LogP) is 4.68. The maximum absolute atomic E-state index is 13.4. The Hall–Kier alpha value is -3.12. The second-order valence-electron chi connectivity index (χ2n) is 8.82. The summed E-state index contributed by atoms with van der Waals surface area (Å²) in [5, 5.41) is 0. The van der Waals surface area contributed by atoms with E-state index in [4.69, 9.17) is 0 Å². The third-order valence-electron chi connectivity index (χ3n) is 6.71. The van der Waals surface area contributed by atoms with Crippen molar-refractivity contribution >= 4 is 21.6 Å². The van der Waals surface area contributed by atoms with Crippen molar-refractivity contribution in [2.24, 2.45) is 0 Å². The Morgan fingerprint density at radius 3 is 2.36 bits per heavy atom. The van der Waals surface area contributed by atoms with E-state index in [1.807, 2.05) is 47.4 Å². The molecule has 2 aliphatic rings. The SMILES string of the molecule is O=C(c1ccc(S(=O)(=O)N2CCCc3ccccc32)cc1)N1CCCC1Cc1ccccc1. The number of likely N-dealkylation sites (tertiary alicyclic amines) is 1. The number of amides is 1. The lowest BCUT2D eigenvalue weighted by atomic mass is 10.0. The van der Waals surface area contributed by atoms with E-state index in [0.29, 0.717) is 12.1 Å². The van der Waals surface area contributed by atoms with Gasteiger partial charge in [0, 0.05) is 24.7 Å². The number of para-hydroxylation sites is 1. The molecule has 5 rings (SSSR count). The molecule has 0 radical (unpaired) electrons. The Morgan fingerprint density at radius 1 is 0.848 bits per heavy atom. The molecule has 0 bridgehead atoms. The van der Waals surface area contributed by atoms with E-state index >= 15 is 0 Å². The van der Waals surface area contributed by atoms with E-state index < -0.39 is 10.0 Å². The molecule has 1 unspecified atom stereocenters. The molecule has 2 aliphatic heterocycles. The molecule has 170 valence electrons. The van der Waals surface area contributed by atoms with E-state index in [9.17, 15) is 13.2 Å². The van der Waals surface area contributed by atoms with Crippen molar-refractivity contribution in [2.45, 2.75) is 43.0 Å². The second kappa shape index (κ2) is 9.02. The molecule has 1 atom stereocenters. The summed E-state index contributed by atoms with van der Waals surface area (Å²) in [5.41, 5.74) is 3.57. The monoisotopic (exact) mass is 460 g/mol. The molecule has 0 spiro atoms. The Kier molecular flexibility index (Phi) is 5.94. The van der Waals surface area contributed by atoms with Gasteiger partial charge >= 0.3 is 0 Å². The van der Waals surface area contributed by atoms with E-state index in [-0.39, 0.29) is 16.8 Å². The molecule has 0 N–H and O–H groups in total. The highest BCUT2D eigenvalue weighted by Crippen LogP contribution is 2.32. The largest absolute Gasteiger partial charge is 0.335 e. The topological polar surface area (TPSA) is 57.7 Å². The number of benzene rings is 3. The minimum atomic E-state index is -3.68. The molecule has 6 heteroatoms. The molecule has 33 heavy (non-hydrogen) atoms. The highest BCUT2D eigenvalue weighted by Gasteiger charge is 2.31. The van der Waals surface area contributed by atoms with Crippen LogP contribution in [-0.2, 0) is 22.9 Å². The molecule has 0 aromatic heterocycles. The number of carbonyl (C=O) groups excluding carboxylic acids is 1. The molecule has 1 saturated heterocycles. The highest BCUT2D eigenvalue weighted by atomic mass is 32.2. The third-order valence-corrected chi connectivity index (χ3v) is 8.54. The molecule has 1 amide bonds. The molecular weight excluding hydrogens is 432 g/mol. The summed E-state index contributed by atoms with van der Waals surface area (Å²) >= 11 is 0. The number of nitrogens with zero attached hydrogens (tertiary/aromatic N) is 2. The minimum Gasteiger partial charge on any atom is -0.335 e. The standard InChI is InChI=1S/C27H28N2O3S/c30-27(28-18-7-12-24(28)20-21-8-2-1-3-9-21)23-14-16-25(17-15-23)33(31,32)29-19-6-11-22-10-4-5-13-26(22)29/h1-5,8-10,13-17,24H,6-7,11-12,18-20H2. The first-order valence-electron chi connectivity index (χ1n) is 11.6. The van der Waals surface area contributed by atoms with Crippen molar-refractivity contribution in [3.05, 3.63) is 95.6 Å². The van der Waals surface area contributed by atoms with Crippen LogP contribution in [0.3, 0.4) is 0 Å². The van der Waals surface area contributed by atoms with Crippen LogP contribution in [0.2, 0.25) is 0 Å². The molecule has 3 aromatic rings. The Morgan fingerprint density at radius 2 is 1.58 bits per heavy atom. The van der Waals surface area contributed by atoms with Crippen molar-refractivity contribution < 1.29 is 13.2 Å². The second-order valence-corrected chi connectivity index (χ2v) is 10.7. The number of aryl methyl sites for hydroxylation is 1. The highest BCUT2D eigenvalue weighted by molar-refractivity contribution is 7.92. The molecule has 2 heterocycles. The first kappa shape index (κ1) is 21.7. The number of hydrogen-bond donors (Lipinski definition) is 0. The minimum absolute atomic E-state index is 0.0271. The fraction of sp³-hybridized carbons (Fsp3) is 0.296. The van der Waals surface area contributed by atoms with E-state index in [1.54, 1.807) is 24.3 Å². The summed E-state index contributed by atoms with van der Waals surface area (Å²) in [6.07, 6.45) is 4.50. The lowest BCUT2D eigenvalue weighted by Gasteiger charge is -2.30. The summed E-state index contributed by atoms with van der Waals surface area (Å²) in [4.78, 5) is 15.4. The summed E-state index contributed by atoms with van der Waals surface area (Å²) in [6, 6.07) is 24.5. The summed E-state index contributed by atoms with van der Waals surface area (Å²) in [7, 11) is -3.68. The van der Waals surface area contributed by atoms with Crippen LogP contribution in [-0.4, -0.2) is 38.4 Å². The lowest BCUT2D eigenvalue weighted by molar-refractivity contribution is 0.0736. The normalized spacial score (nSPS) is 18.2. The van der Waals surface area contributed by atoms with Crippen LogP contribution in [0.15, 0.2) is 83.8 Å². The Bertz CT molecular complexity index is 1240. The van der Waals surface area contributed by atoms with Gasteiger partial charge in [-0.15, -0.1) is 0 Å². The number of hydrogen-bond acceptors (Lipinski definition) is 3. The van der Waals surface area contributed by atoms with Gasteiger partial charge in [0.15, 0.2) is 0 Å². The fourth-order valence-electron chi connectivity index (χ4n) is 5.01. The number of carbonyl (C=O) groups is 1. The first-order valence-corrected chi connectivity index (χ1v) is 13.0. The van der Waals surface area contributed by atoms with Gasteiger partial charge in [0.2, 0.25) is 0 Å². The zero-order valence-electron chi connectivity index (χ0n) is 18.6. The van der Waals surface area contributed by atoms with E-state index in [2.05, 4.69) is 12.1 Å². The van der Waals surface area contributed by atoms with E-state index in [0.717, 1.165) is 49.9 Å². The number of sulfonamides is 1. The first-order chi connectivity index (χ1) is 16.0. The van der Waals surface area contributed by atoms with Gasteiger partial charge in [0.1, 0.15) is 0 Å². The van der Waals surface area contributed by atoms with Crippen molar-refractivity contribution in [1.82, 2.24) is 4.90 Å². The maximum atomic E-state index is 13.4. The summed E-state index contributed by atoms with van der Waals surface area (Å²) in [6.45, 7) is 1.20. The number of anilines is 1. The molecule has 0 aliphatic carbocycles. The molecule has 1 fully saturated rings. The molecule has 3 aromatic carbocycles. The van der Waals surface area contributed by atoms with Crippen LogP contribution >= 0.6 is 0 Å². The van der Waals surface area contributed by atoms with Gasteiger partial charge in [-0.1, -0.05) is 48.5 Å². The molecule has 0 saturated carbocycles. The number of rotatable bonds is 5. The van der Waals surface area contributed by atoms with Crippen LogP contribution in [0.5, 0.6) is 0 Å². The van der Waals surface area contributed by atoms with Crippen LogP contribution in [0.25, 0.3) is 0 Å². The van der Waals surface area contributed by atoms with Crippen molar-refractivity contribution in [3.8, 4) is 0 Å². The molecular formula is C27H28N2O3S. The smallest absolute Gasteiger partial charge is 0.264 e. The van der Waals surface area contributed by atoms with Gasteiger partial charge in [0.05, 0.1) is 10.6 Å². The van der Waals surface area contributed by atoms with Gasteiger partial charge in [-0.05, 0) is 73.6 Å². The van der Waals surface area contributed by atoms with Gasteiger partial charge < -0.3 is 4.90 Å². The van der Waals surface area contributed by atoms with Crippen LogP contribution in [0, 0.1) is 0 Å². The Labute approximate surface area is 195 Å². The summed E-state index contributed by atoms with van der Waals surface area (Å²) < 4.78 is 28.2. The van der Waals surface area contributed by atoms with Crippen LogP contribution in [0.1, 0.15) is 40.7 Å². The quantitative estimate of drug-likeness (QED) is 0.556. The zero-order valence-corrected chi connectivity index (χ0v) is 19.4. The average molecular weight is 461 g/mol. The van der Waals surface area contributed by atoms with Crippen molar-refractivity contribution in [3.63, 3.8) is 0 Å². The van der Waals surface area contributed by atoms with Gasteiger partial charge in [-0.2, -0.15) is 0 Å². The van der Waals surface area contributed by atoms with Gasteiger partial charge in [-0.3, -0.25) is 9.10 Å². The summed E-state index contributed by atoms with van der Waals surface area (Å²) in [5.74, 6) is -0.0271. The fourth-order valence-corrected chi connectivity index (χ4v) is 6.55. The average Bonchev–Trinajstić information content (AvgIpc) is 3.32. The maximum Gasteiger partial charge on any atom is 0.264 e. The van der Waals surface area contributed by atoms with Gasteiger partial charge in [-0.25, -0.2) is 8.42 Å². The van der Waals surface area contributed by atoms with E-state index in [1.165, 1.54) is 9.87 Å². The van der Waals surface area contributed by atoms with Gasteiger partial charge in [0.25, 0.3) is 15.9 Å². The third kappa shape index (κ3) is 4.27. The van der Waals surface area contributed by atoms with Crippen LogP contribution in [0.4, 0.5) is 5.69 Å². The van der Waals surface area contributed by atoms with Crippen molar-refractivity contribution in [2.75, 3.05) is 17.4 Å². The zero-order chi connectivity index (χ0) is 22.8.